The van der Waals surface area contributed by atoms with Crippen molar-refractivity contribution in [1.82, 2.24) is 15.1 Å². The van der Waals surface area contributed by atoms with Crippen LogP contribution in [0.15, 0.2) is 24.3 Å². The van der Waals surface area contributed by atoms with Crippen LogP contribution < -0.4 is 10.2 Å². The second-order valence-electron chi connectivity index (χ2n) is 9.91. The van der Waals surface area contributed by atoms with Crippen LogP contribution >= 0.6 is 0 Å². The number of piperidine rings is 1. The first-order valence-corrected chi connectivity index (χ1v) is 12.4. The van der Waals surface area contributed by atoms with Gasteiger partial charge in [0.05, 0.1) is 18.9 Å². The van der Waals surface area contributed by atoms with Crippen molar-refractivity contribution < 1.29 is 9.53 Å². The summed E-state index contributed by atoms with van der Waals surface area (Å²) >= 11 is 0. The van der Waals surface area contributed by atoms with E-state index in [1.807, 2.05) is 0 Å². The monoisotopic (exact) mass is 436 g/mol. The molecule has 1 N–H and O–H groups in total. The fourth-order valence-electron chi connectivity index (χ4n) is 4.89. The lowest BCUT2D eigenvalue weighted by molar-refractivity contribution is -0.121. The van der Waals surface area contributed by atoms with Crippen molar-refractivity contribution in [3.05, 3.63) is 46.8 Å². The van der Waals surface area contributed by atoms with E-state index in [4.69, 9.17) is 9.84 Å². The minimum atomic E-state index is 0.0846. The van der Waals surface area contributed by atoms with Crippen LogP contribution in [0.1, 0.15) is 61.5 Å². The Morgan fingerprint density at radius 1 is 1.16 bits per heavy atom. The molecule has 1 aliphatic carbocycles. The molecule has 3 aliphatic rings. The molecule has 0 atom stereocenters. The maximum Gasteiger partial charge on any atom is 0.220 e. The molecule has 2 aliphatic heterocycles. The quantitative estimate of drug-likeness (QED) is 0.683. The first kappa shape index (κ1) is 21.5. The van der Waals surface area contributed by atoms with E-state index >= 15 is 0 Å². The molecule has 2 fully saturated rings. The average Bonchev–Trinajstić information content (AvgIpc) is 3.58. The molecular formula is C26H36N4O2. The fraction of sp³-hybridized carbons (Fsp3) is 0.615. The lowest BCUT2D eigenvalue weighted by Crippen LogP contribution is -2.32. The molecule has 6 heteroatoms. The molecule has 0 spiro atoms. The zero-order valence-corrected chi connectivity index (χ0v) is 19.3. The Bertz CT molecular complexity index is 924. The van der Waals surface area contributed by atoms with Crippen molar-refractivity contribution >= 4 is 11.6 Å². The van der Waals surface area contributed by atoms with Gasteiger partial charge in [-0.3, -0.25) is 9.48 Å². The van der Waals surface area contributed by atoms with E-state index in [-0.39, 0.29) is 5.91 Å². The summed E-state index contributed by atoms with van der Waals surface area (Å²) in [4.78, 5) is 15.0. The van der Waals surface area contributed by atoms with Crippen LogP contribution in [0.3, 0.4) is 0 Å². The molecule has 6 nitrogen and oxygen atoms in total. The average molecular weight is 437 g/mol. The third kappa shape index (κ3) is 5.17. The number of hydrogen-bond acceptors (Lipinski definition) is 4. The zero-order valence-electron chi connectivity index (χ0n) is 19.3. The van der Waals surface area contributed by atoms with Crippen molar-refractivity contribution in [1.29, 1.82) is 0 Å². The Kier molecular flexibility index (Phi) is 6.49. The SMILES string of the molecule is CC1CCN(c2ccc(CNC(=O)CCc3nn(CC4CC4)c4c3COCC4)cc2)CC1. The molecule has 0 bridgehead atoms. The van der Waals surface area contributed by atoms with Gasteiger partial charge in [-0.2, -0.15) is 5.10 Å². The normalized spacial score (nSPS) is 19.1. The molecule has 32 heavy (non-hydrogen) atoms. The lowest BCUT2D eigenvalue weighted by atomic mass is 9.99. The highest BCUT2D eigenvalue weighted by molar-refractivity contribution is 5.76. The third-order valence-corrected chi connectivity index (χ3v) is 7.27. The number of rotatable bonds is 8. The summed E-state index contributed by atoms with van der Waals surface area (Å²) in [5.41, 5.74) is 6.05. The standard InChI is InChI=1S/C26H36N4O2/c1-19-10-13-29(14-11-19)22-6-4-20(5-7-22)16-27-26(31)9-8-24-23-18-32-15-12-25(23)30(28-24)17-21-2-3-21/h4-7,19,21H,2-3,8-18H2,1H3,(H,27,31). The molecule has 1 aromatic carbocycles. The van der Waals surface area contributed by atoms with Gasteiger partial charge in [-0.1, -0.05) is 19.1 Å². The predicted octanol–water partition coefficient (Wildman–Crippen LogP) is 3.85. The van der Waals surface area contributed by atoms with Crippen molar-refractivity contribution in [3.8, 4) is 0 Å². The summed E-state index contributed by atoms with van der Waals surface area (Å²) in [5, 5.41) is 7.96. The van der Waals surface area contributed by atoms with Gasteiger partial charge in [-0.25, -0.2) is 0 Å². The van der Waals surface area contributed by atoms with Crippen molar-refractivity contribution in [2.45, 2.75) is 71.6 Å². The van der Waals surface area contributed by atoms with Gasteiger partial charge in [0.2, 0.25) is 5.91 Å². The van der Waals surface area contributed by atoms with Crippen molar-refractivity contribution in [2.75, 3.05) is 24.6 Å². The van der Waals surface area contributed by atoms with Crippen LogP contribution in [-0.4, -0.2) is 35.4 Å². The largest absolute Gasteiger partial charge is 0.376 e. The van der Waals surface area contributed by atoms with E-state index in [1.54, 1.807) is 0 Å². The maximum absolute atomic E-state index is 12.5. The van der Waals surface area contributed by atoms with E-state index < -0.39 is 0 Å². The van der Waals surface area contributed by atoms with Crippen LogP contribution in [0.4, 0.5) is 5.69 Å². The number of aryl methyl sites for hydroxylation is 1. The Morgan fingerprint density at radius 3 is 2.69 bits per heavy atom. The van der Waals surface area contributed by atoms with E-state index in [0.717, 1.165) is 55.8 Å². The van der Waals surface area contributed by atoms with Crippen LogP contribution in [-0.2, 0) is 42.1 Å². The van der Waals surface area contributed by atoms with Gasteiger partial charge in [-0.15, -0.1) is 0 Å². The predicted molar refractivity (Wildman–Crippen MR) is 126 cm³/mol. The number of amides is 1. The second-order valence-corrected chi connectivity index (χ2v) is 9.91. The number of carbonyl (C=O) groups excluding carboxylic acids is 1. The first-order valence-electron chi connectivity index (χ1n) is 12.4. The summed E-state index contributed by atoms with van der Waals surface area (Å²) in [6.45, 7) is 7.64. The summed E-state index contributed by atoms with van der Waals surface area (Å²) < 4.78 is 7.89. The van der Waals surface area contributed by atoms with Gasteiger partial charge in [0, 0.05) is 62.4 Å². The van der Waals surface area contributed by atoms with Crippen LogP contribution in [0.25, 0.3) is 0 Å². The molecule has 1 saturated carbocycles. The Labute approximate surface area is 191 Å². The number of fused-ring (bicyclic) bond motifs is 1. The van der Waals surface area contributed by atoms with Gasteiger partial charge >= 0.3 is 0 Å². The number of benzene rings is 1. The Balaban J connectivity index is 1.11. The van der Waals surface area contributed by atoms with Crippen molar-refractivity contribution in [2.24, 2.45) is 11.8 Å². The Morgan fingerprint density at radius 2 is 1.94 bits per heavy atom. The van der Waals surface area contributed by atoms with Crippen LogP contribution in [0.2, 0.25) is 0 Å². The highest BCUT2D eigenvalue weighted by Crippen LogP contribution is 2.32. The van der Waals surface area contributed by atoms with Gasteiger partial charge in [0.25, 0.3) is 0 Å². The summed E-state index contributed by atoms with van der Waals surface area (Å²) in [5.74, 6) is 1.72. The molecule has 3 heterocycles. The molecule has 172 valence electrons. The number of nitrogens with one attached hydrogen (secondary N) is 1. The molecule has 1 amide bonds. The zero-order chi connectivity index (χ0) is 21.9. The van der Waals surface area contributed by atoms with Gasteiger partial charge in [0.15, 0.2) is 0 Å². The third-order valence-electron chi connectivity index (χ3n) is 7.27. The van der Waals surface area contributed by atoms with E-state index in [2.05, 4.69) is 46.1 Å². The topological polar surface area (TPSA) is 59.4 Å². The minimum absolute atomic E-state index is 0.0846. The number of aromatic nitrogens is 2. The van der Waals surface area contributed by atoms with E-state index in [1.165, 1.54) is 42.6 Å². The van der Waals surface area contributed by atoms with Crippen LogP contribution in [0.5, 0.6) is 0 Å². The lowest BCUT2D eigenvalue weighted by Gasteiger charge is -2.32. The molecule has 5 rings (SSSR count). The molecule has 1 aromatic heterocycles. The molecule has 0 radical (unpaired) electrons. The summed E-state index contributed by atoms with van der Waals surface area (Å²) in [6.07, 6.45) is 7.27. The van der Waals surface area contributed by atoms with Gasteiger partial charge < -0.3 is 15.0 Å². The van der Waals surface area contributed by atoms with Gasteiger partial charge in [0.1, 0.15) is 0 Å². The molecule has 0 unspecified atom stereocenters. The number of hydrogen-bond donors (Lipinski definition) is 1. The summed E-state index contributed by atoms with van der Waals surface area (Å²) in [6, 6.07) is 8.66. The van der Waals surface area contributed by atoms with Crippen LogP contribution in [0, 0.1) is 11.8 Å². The van der Waals surface area contributed by atoms with Crippen molar-refractivity contribution in [3.63, 3.8) is 0 Å². The number of carbonyl (C=O) groups is 1. The minimum Gasteiger partial charge on any atom is -0.376 e. The molecule has 2 aromatic rings. The number of anilines is 1. The van der Waals surface area contributed by atoms with E-state index in [9.17, 15) is 4.79 Å². The smallest absolute Gasteiger partial charge is 0.220 e. The second kappa shape index (κ2) is 9.65. The highest BCUT2D eigenvalue weighted by atomic mass is 16.5. The molecular weight excluding hydrogens is 400 g/mol. The maximum atomic E-state index is 12.5. The van der Waals surface area contributed by atoms with Gasteiger partial charge in [-0.05, 0) is 55.2 Å². The Hall–Kier alpha value is -2.34. The first-order chi connectivity index (χ1) is 15.7. The number of nitrogens with zero attached hydrogens (tertiary/aromatic N) is 3. The molecule has 1 saturated heterocycles. The fourth-order valence-corrected chi connectivity index (χ4v) is 4.89. The highest BCUT2D eigenvalue weighted by Gasteiger charge is 2.27. The van der Waals surface area contributed by atoms with E-state index in [0.29, 0.717) is 26.0 Å². The summed E-state index contributed by atoms with van der Waals surface area (Å²) in [7, 11) is 0. The number of ether oxygens (including phenoxy) is 1.